The van der Waals surface area contributed by atoms with Gasteiger partial charge in [-0.2, -0.15) is 5.26 Å². The Hall–Kier alpha value is -1.37. The van der Waals surface area contributed by atoms with E-state index in [9.17, 15) is 9.59 Å². The number of hydrogen-bond acceptors (Lipinski definition) is 3. The second-order valence-electron chi connectivity index (χ2n) is 3.85. The van der Waals surface area contributed by atoms with Gasteiger partial charge >= 0.3 is 5.97 Å². The molecule has 1 aliphatic carbocycles. The molecule has 0 spiro atoms. The SMILES string of the molecule is C[C@H]1CC[C@@](CCC#N)(C(=O)O)C1=O. The normalized spacial score (nSPS) is 31.4. The second kappa shape index (κ2) is 3.79. The summed E-state index contributed by atoms with van der Waals surface area (Å²) in [6, 6.07) is 1.89. The number of hydrogen-bond donors (Lipinski definition) is 1. The lowest BCUT2D eigenvalue weighted by Gasteiger charge is -2.20. The predicted molar refractivity (Wildman–Crippen MR) is 48.3 cm³/mol. The Morgan fingerprint density at radius 1 is 1.79 bits per heavy atom. The number of carbonyl (C=O) groups excluding carboxylic acids is 1. The number of carboxylic acid groups (broad SMARTS) is 1. The lowest BCUT2D eigenvalue weighted by atomic mass is 9.80. The third kappa shape index (κ3) is 1.50. The molecule has 0 aliphatic heterocycles. The number of nitrogens with zero attached hydrogens (tertiary/aromatic N) is 1. The van der Waals surface area contributed by atoms with Crippen molar-refractivity contribution < 1.29 is 14.7 Å². The van der Waals surface area contributed by atoms with Crippen LogP contribution in [0.1, 0.15) is 32.6 Å². The summed E-state index contributed by atoms with van der Waals surface area (Å²) < 4.78 is 0. The average Bonchev–Trinajstić information content (AvgIpc) is 2.43. The highest BCUT2D eigenvalue weighted by Gasteiger charge is 2.51. The molecule has 1 rings (SSSR count). The van der Waals surface area contributed by atoms with E-state index in [1.165, 1.54) is 0 Å². The van der Waals surface area contributed by atoms with Gasteiger partial charge in [-0.15, -0.1) is 0 Å². The van der Waals surface area contributed by atoms with Crippen LogP contribution in [-0.2, 0) is 9.59 Å². The predicted octanol–water partition coefficient (Wildman–Crippen LogP) is 1.36. The fourth-order valence-electron chi connectivity index (χ4n) is 2.03. The van der Waals surface area contributed by atoms with E-state index in [0.717, 1.165) is 0 Å². The van der Waals surface area contributed by atoms with Crippen LogP contribution in [0.4, 0.5) is 0 Å². The van der Waals surface area contributed by atoms with Crippen molar-refractivity contribution >= 4 is 11.8 Å². The zero-order valence-corrected chi connectivity index (χ0v) is 8.12. The van der Waals surface area contributed by atoms with Crippen molar-refractivity contribution in [3.63, 3.8) is 0 Å². The molecule has 4 heteroatoms. The van der Waals surface area contributed by atoms with E-state index in [0.29, 0.717) is 12.8 Å². The second-order valence-corrected chi connectivity index (χ2v) is 3.85. The van der Waals surface area contributed by atoms with Crippen LogP contribution in [0.25, 0.3) is 0 Å². The zero-order valence-electron chi connectivity index (χ0n) is 8.12. The molecule has 0 saturated heterocycles. The van der Waals surface area contributed by atoms with Crippen molar-refractivity contribution in [1.29, 1.82) is 5.26 Å². The van der Waals surface area contributed by atoms with Crippen LogP contribution in [0.2, 0.25) is 0 Å². The number of ketones is 1. The molecule has 1 N–H and O–H groups in total. The van der Waals surface area contributed by atoms with Crippen molar-refractivity contribution in [1.82, 2.24) is 0 Å². The summed E-state index contributed by atoms with van der Waals surface area (Å²) in [5, 5.41) is 17.5. The van der Waals surface area contributed by atoms with Crippen molar-refractivity contribution in [2.45, 2.75) is 32.6 Å². The van der Waals surface area contributed by atoms with E-state index < -0.39 is 11.4 Å². The fraction of sp³-hybridized carbons (Fsp3) is 0.700. The molecule has 1 aliphatic rings. The number of rotatable bonds is 3. The third-order valence-electron chi connectivity index (χ3n) is 3.00. The molecule has 14 heavy (non-hydrogen) atoms. The van der Waals surface area contributed by atoms with Gasteiger partial charge in [-0.3, -0.25) is 9.59 Å². The number of carboxylic acids is 1. The summed E-state index contributed by atoms with van der Waals surface area (Å²) >= 11 is 0. The molecule has 0 amide bonds. The van der Waals surface area contributed by atoms with Crippen LogP contribution < -0.4 is 0 Å². The van der Waals surface area contributed by atoms with Crippen molar-refractivity contribution in [3.05, 3.63) is 0 Å². The molecule has 4 nitrogen and oxygen atoms in total. The quantitative estimate of drug-likeness (QED) is 0.689. The van der Waals surface area contributed by atoms with Gasteiger partial charge in [-0.25, -0.2) is 0 Å². The summed E-state index contributed by atoms with van der Waals surface area (Å²) in [5.41, 5.74) is -1.27. The molecular formula is C10H13NO3. The van der Waals surface area contributed by atoms with Crippen LogP contribution in [0.15, 0.2) is 0 Å². The Kier molecular flexibility index (Phi) is 2.90. The monoisotopic (exact) mass is 195 g/mol. The molecule has 0 aromatic rings. The largest absolute Gasteiger partial charge is 0.480 e. The van der Waals surface area contributed by atoms with Gasteiger partial charge in [-0.1, -0.05) is 6.92 Å². The van der Waals surface area contributed by atoms with Crippen molar-refractivity contribution in [2.75, 3.05) is 0 Å². The van der Waals surface area contributed by atoms with Crippen molar-refractivity contribution in [2.24, 2.45) is 11.3 Å². The minimum atomic E-state index is -1.27. The summed E-state index contributed by atoms with van der Waals surface area (Å²) in [4.78, 5) is 22.7. The van der Waals surface area contributed by atoms with Gasteiger partial charge in [0.05, 0.1) is 6.07 Å². The van der Waals surface area contributed by atoms with E-state index in [-0.39, 0.29) is 24.5 Å². The van der Waals surface area contributed by atoms with Crippen LogP contribution in [0.5, 0.6) is 0 Å². The Balaban J connectivity index is 2.89. The molecule has 0 radical (unpaired) electrons. The lowest BCUT2D eigenvalue weighted by molar-refractivity contribution is -0.154. The first-order valence-electron chi connectivity index (χ1n) is 4.69. The van der Waals surface area contributed by atoms with Gasteiger partial charge in [0.15, 0.2) is 5.78 Å². The number of nitriles is 1. The van der Waals surface area contributed by atoms with E-state index in [1.807, 2.05) is 6.07 Å². The molecule has 0 aromatic carbocycles. The van der Waals surface area contributed by atoms with Crippen LogP contribution in [-0.4, -0.2) is 16.9 Å². The number of carbonyl (C=O) groups is 2. The third-order valence-corrected chi connectivity index (χ3v) is 3.00. The van der Waals surface area contributed by atoms with Gasteiger partial charge in [0.1, 0.15) is 5.41 Å². The molecule has 0 aromatic heterocycles. The summed E-state index contributed by atoms with van der Waals surface area (Å²) in [7, 11) is 0. The first kappa shape index (κ1) is 10.7. The lowest BCUT2D eigenvalue weighted by Crippen LogP contribution is -2.36. The minimum Gasteiger partial charge on any atom is -0.480 e. The molecule has 76 valence electrons. The molecule has 0 bridgehead atoms. The first-order valence-corrected chi connectivity index (χ1v) is 4.69. The molecule has 2 atom stereocenters. The molecule has 0 heterocycles. The highest BCUT2D eigenvalue weighted by Crippen LogP contribution is 2.42. The maximum absolute atomic E-state index is 11.7. The molecule has 0 unspecified atom stereocenters. The summed E-state index contributed by atoms with van der Waals surface area (Å²) in [5.74, 6) is -1.45. The van der Waals surface area contributed by atoms with Crippen molar-refractivity contribution in [3.8, 4) is 6.07 Å². The molecule has 1 fully saturated rings. The van der Waals surface area contributed by atoms with Gasteiger partial charge in [0.25, 0.3) is 0 Å². The maximum atomic E-state index is 11.7. The highest BCUT2D eigenvalue weighted by molar-refractivity contribution is 6.05. The van der Waals surface area contributed by atoms with Gasteiger partial charge < -0.3 is 5.11 Å². The molecule has 1 saturated carbocycles. The van der Waals surface area contributed by atoms with Crippen LogP contribution in [0.3, 0.4) is 0 Å². The van der Waals surface area contributed by atoms with E-state index in [2.05, 4.69) is 0 Å². The Morgan fingerprint density at radius 3 is 2.79 bits per heavy atom. The van der Waals surface area contributed by atoms with E-state index in [1.54, 1.807) is 6.92 Å². The average molecular weight is 195 g/mol. The fourth-order valence-corrected chi connectivity index (χ4v) is 2.03. The smallest absolute Gasteiger partial charge is 0.317 e. The zero-order chi connectivity index (χ0) is 10.8. The van der Waals surface area contributed by atoms with Gasteiger partial charge in [-0.05, 0) is 19.3 Å². The number of aliphatic carboxylic acids is 1. The standard InChI is InChI=1S/C10H13NO3/c1-7-3-5-10(8(7)12,9(13)14)4-2-6-11/h7H,2-5H2,1H3,(H,13,14)/t7-,10+/m0/s1. The Bertz CT molecular complexity index is 305. The summed E-state index contributed by atoms with van der Waals surface area (Å²) in [6.07, 6.45) is 1.29. The van der Waals surface area contributed by atoms with E-state index >= 15 is 0 Å². The molecular weight excluding hydrogens is 182 g/mol. The Morgan fingerprint density at radius 2 is 2.43 bits per heavy atom. The van der Waals surface area contributed by atoms with Crippen LogP contribution in [0, 0.1) is 22.7 Å². The summed E-state index contributed by atoms with van der Waals surface area (Å²) in [6.45, 7) is 1.75. The van der Waals surface area contributed by atoms with Gasteiger partial charge in [0, 0.05) is 12.3 Å². The Labute approximate surface area is 82.5 Å². The van der Waals surface area contributed by atoms with Crippen LogP contribution >= 0.6 is 0 Å². The first-order chi connectivity index (χ1) is 6.54. The number of Topliss-reactive ketones (excluding diaryl/α,β-unsaturated/α-hetero) is 1. The van der Waals surface area contributed by atoms with Gasteiger partial charge in [0.2, 0.25) is 0 Å². The van der Waals surface area contributed by atoms with E-state index in [4.69, 9.17) is 10.4 Å². The minimum absolute atomic E-state index is 0.130. The topological polar surface area (TPSA) is 78.2 Å². The maximum Gasteiger partial charge on any atom is 0.317 e. The highest BCUT2D eigenvalue weighted by atomic mass is 16.4.